The van der Waals surface area contributed by atoms with E-state index in [2.05, 4.69) is 21.2 Å². The van der Waals surface area contributed by atoms with Crippen molar-refractivity contribution in [2.24, 2.45) is 0 Å². The Bertz CT molecular complexity index is 502. The summed E-state index contributed by atoms with van der Waals surface area (Å²) < 4.78 is 13.6. The van der Waals surface area contributed by atoms with Gasteiger partial charge in [0.05, 0.1) is 23.4 Å². The van der Waals surface area contributed by atoms with Crippen LogP contribution in [0.4, 0.5) is 10.1 Å². The Balaban J connectivity index is 2.22. The number of nitrogen functional groups attached to an aromatic ring is 1. The van der Waals surface area contributed by atoms with E-state index in [-0.39, 0.29) is 23.8 Å². The van der Waals surface area contributed by atoms with Crippen molar-refractivity contribution in [3.63, 3.8) is 0 Å². The van der Waals surface area contributed by atoms with Gasteiger partial charge in [0, 0.05) is 4.47 Å². The molecule has 6 heteroatoms. The topological polar surface area (TPSA) is 75.4 Å². The predicted octanol–water partition coefficient (Wildman–Crippen LogP) is 2.21. The number of nitrogens with two attached hydrogens (primary N) is 1. The first-order chi connectivity index (χ1) is 8.97. The van der Waals surface area contributed by atoms with Crippen LogP contribution in [0, 0.1) is 5.82 Å². The monoisotopic (exact) mass is 330 g/mol. The highest BCUT2D eigenvalue weighted by Gasteiger charge is 2.35. The highest BCUT2D eigenvalue weighted by atomic mass is 79.9. The van der Waals surface area contributed by atoms with Gasteiger partial charge < -0.3 is 16.2 Å². The summed E-state index contributed by atoms with van der Waals surface area (Å²) in [7, 11) is 0. The lowest BCUT2D eigenvalue weighted by atomic mass is 9.98. The van der Waals surface area contributed by atoms with Crippen LogP contribution >= 0.6 is 15.9 Å². The quantitative estimate of drug-likeness (QED) is 0.744. The molecule has 4 N–H and O–H groups in total. The highest BCUT2D eigenvalue weighted by Crippen LogP contribution is 2.30. The van der Waals surface area contributed by atoms with Gasteiger partial charge in [0.1, 0.15) is 5.82 Å². The van der Waals surface area contributed by atoms with Gasteiger partial charge in [-0.05, 0) is 40.9 Å². The van der Waals surface area contributed by atoms with Crippen molar-refractivity contribution in [3.05, 3.63) is 28.0 Å². The molecular formula is C13H16BrFN2O2. The lowest BCUT2D eigenvalue weighted by Gasteiger charge is -2.28. The second kappa shape index (κ2) is 5.46. The summed E-state index contributed by atoms with van der Waals surface area (Å²) in [6.07, 6.45) is 3.47. The second-order valence-corrected chi connectivity index (χ2v) is 5.81. The molecule has 1 amide bonds. The first kappa shape index (κ1) is 14.3. The van der Waals surface area contributed by atoms with E-state index in [4.69, 9.17) is 5.73 Å². The third kappa shape index (κ3) is 2.90. The number of carbonyl (C=O) groups excluding carboxylic acids is 1. The Morgan fingerprint density at radius 3 is 2.68 bits per heavy atom. The van der Waals surface area contributed by atoms with Crippen molar-refractivity contribution in [1.82, 2.24) is 5.32 Å². The minimum Gasteiger partial charge on any atom is -0.396 e. The van der Waals surface area contributed by atoms with E-state index in [0.717, 1.165) is 25.7 Å². The molecule has 0 aliphatic heterocycles. The fourth-order valence-corrected chi connectivity index (χ4v) is 2.92. The standard InChI is InChI=1S/C13H16BrFN2O2/c14-9-6-10(15)11(16)5-8(9)12(19)17-13(7-18)3-1-2-4-13/h5-6,18H,1-4,7,16H2,(H,17,19). The van der Waals surface area contributed by atoms with Gasteiger partial charge in [-0.3, -0.25) is 4.79 Å². The first-order valence-electron chi connectivity index (χ1n) is 6.15. The molecule has 0 bridgehead atoms. The van der Waals surface area contributed by atoms with Crippen LogP contribution in [-0.2, 0) is 0 Å². The van der Waals surface area contributed by atoms with Crippen LogP contribution in [0.5, 0.6) is 0 Å². The maximum atomic E-state index is 13.2. The first-order valence-corrected chi connectivity index (χ1v) is 6.95. The van der Waals surface area contributed by atoms with Gasteiger partial charge in [-0.1, -0.05) is 12.8 Å². The number of aliphatic hydroxyl groups is 1. The van der Waals surface area contributed by atoms with Crippen LogP contribution in [0.25, 0.3) is 0 Å². The number of benzene rings is 1. The minimum absolute atomic E-state index is 0.0715. The number of anilines is 1. The zero-order valence-electron chi connectivity index (χ0n) is 10.4. The largest absolute Gasteiger partial charge is 0.396 e. The normalized spacial score (nSPS) is 17.4. The molecule has 1 aromatic rings. The minimum atomic E-state index is -0.568. The maximum Gasteiger partial charge on any atom is 0.253 e. The van der Waals surface area contributed by atoms with E-state index in [9.17, 15) is 14.3 Å². The number of aliphatic hydroxyl groups excluding tert-OH is 1. The molecule has 4 nitrogen and oxygen atoms in total. The van der Waals surface area contributed by atoms with Crippen molar-refractivity contribution >= 4 is 27.5 Å². The molecule has 1 aliphatic carbocycles. The molecule has 0 heterocycles. The highest BCUT2D eigenvalue weighted by molar-refractivity contribution is 9.10. The fourth-order valence-electron chi connectivity index (χ4n) is 2.42. The molecule has 0 saturated heterocycles. The Kier molecular flexibility index (Phi) is 4.10. The number of carbonyl (C=O) groups is 1. The van der Waals surface area contributed by atoms with Crippen LogP contribution in [0.1, 0.15) is 36.0 Å². The molecule has 0 unspecified atom stereocenters. The van der Waals surface area contributed by atoms with Crippen LogP contribution in [-0.4, -0.2) is 23.2 Å². The Labute approximate surface area is 119 Å². The average molecular weight is 331 g/mol. The van der Waals surface area contributed by atoms with Gasteiger partial charge >= 0.3 is 0 Å². The fraction of sp³-hybridized carbons (Fsp3) is 0.462. The molecule has 0 spiro atoms. The lowest BCUT2D eigenvalue weighted by Crippen LogP contribution is -2.49. The van der Waals surface area contributed by atoms with E-state index in [1.54, 1.807) is 0 Å². The molecule has 1 fully saturated rings. The number of nitrogens with one attached hydrogen (secondary N) is 1. The van der Waals surface area contributed by atoms with Crippen molar-refractivity contribution < 1.29 is 14.3 Å². The smallest absolute Gasteiger partial charge is 0.253 e. The summed E-state index contributed by atoms with van der Waals surface area (Å²) >= 11 is 3.15. The van der Waals surface area contributed by atoms with Gasteiger partial charge in [-0.2, -0.15) is 0 Å². The number of amides is 1. The van der Waals surface area contributed by atoms with E-state index in [0.29, 0.717) is 4.47 Å². The van der Waals surface area contributed by atoms with E-state index in [1.807, 2.05) is 0 Å². The summed E-state index contributed by atoms with van der Waals surface area (Å²) in [5.41, 5.74) is 5.12. The molecule has 104 valence electrons. The lowest BCUT2D eigenvalue weighted by molar-refractivity contribution is 0.0837. The number of rotatable bonds is 3. The van der Waals surface area contributed by atoms with Crippen molar-refractivity contribution in [2.45, 2.75) is 31.2 Å². The molecule has 0 atom stereocenters. The predicted molar refractivity (Wildman–Crippen MR) is 74.3 cm³/mol. The molecular weight excluding hydrogens is 315 g/mol. The van der Waals surface area contributed by atoms with Gasteiger partial charge in [-0.15, -0.1) is 0 Å². The van der Waals surface area contributed by atoms with E-state index >= 15 is 0 Å². The van der Waals surface area contributed by atoms with Crippen LogP contribution in [0.2, 0.25) is 0 Å². The Morgan fingerprint density at radius 2 is 2.11 bits per heavy atom. The van der Waals surface area contributed by atoms with Gasteiger partial charge in [0.15, 0.2) is 0 Å². The molecule has 1 saturated carbocycles. The molecule has 1 aromatic carbocycles. The maximum absolute atomic E-state index is 13.2. The van der Waals surface area contributed by atoms with Gasteiger partial charge in [-0.25, -0.2) is 4.39 Å². The summed E-state index contributed by atoms with van der Waals surface area (Å²) in [4.78, 5) is 12.2. The summed E-state index contributed by atoms with van der Waals surface area (Å²) in [6.45, 7) is -0.0902. The van der Waals surface area contributed by atoms with Gasteiger partial charge in [0.25, 0.3) is 5.91 Å². The molecule has 0 radical (unpaired) electrons. The van der Waals surface area contributed by atoms with Crippen LogP contribution in [0.15, 0.2) is 16.6 Å². The third-order valence-electron chi connectivity index (χ3n) is 3.57. The third-order valence-corrected chi connectivity index (χ3v) is 4.23. The van der Waals surface area contributed by atoms with Crippen LogP contribution < -0.4 is 11.1 Å². The van der Waals surface area contributed by atoms with Crippen molar-refractivity contribution in [1.29, 1.82) is 0 Å². The summed E-state index contributed by atoms with van der Waals surface area (Å²) in [6, 6.07) is 2.47. The number of hydrogen-bond donors (Lipinski definition) is 3. The Morgan fingerprint density at radius 1 is 1.47 bits per heavy atom. The molecule has 0 aromatic heterocycles. The molecule has 1 aliphatic rings. The average Bonchev–Trinajstić information content (AvgIpc) is 2.83. The molecule has 2 rings (SSSR count). The zero-order chi connectivity index (χ0) is 14.0. The number of halogens is 2. The van der Waals surface area contributed by atoms with E-state index < -0.39 is 11.4 Å². The SMILES string of the molecule is Nc1cc(C(=O)NC2(CO)CCCC2)c(Br)cc1F. The van der Waals surface area contributed by atoms with Crippen molar-refractivity contribution in [2.75, 3.05) is 12.3 Å². The second-order valence-electron chi connectivity index (χ2n) is 4.95. The van der Waals surface area contributed by atoms with Crippen LogP contribution in [0.3, 0.4) is 0 Å². The van der Waals surface area contributed by atoms with E-state index in [1.165, 1.54) is 12.1 Å². The van der Waals surface area contributed by atoms with Gasteiger partial charge in [0.2, 0.25) is 0 Å². The molecule has 19 heavy (non-hydrogen) atoms. The van der Waals surface area contributed by atoms with Crippen molar-refractivity contribution in [3.8, 4) is 0 Å². The summed E-state index contributed by atoms with van der Waals surface area (Å²) in [5.74, 6) is -0.921. The zero-order valence-corrected chi connectivity index (χ0v) is 12.0. The Hall–Kier alpha value is -1.14. The number of hydrogen-bond acceptors (Lipinski definition) is 3. The summed E-state index contributed by atoms with van der Waals surface area (Å²) in [5, 5.41) is 12.3.